The molecule has 20 heavy (non-hydrogen) atoms. The van der Waals surface area contributed by atoms with Crippen LogP contribution in [0.4, 0.5) is 5.69 Å². The predicted molar refractivity (Wildman–Crippen MR) is 81.9 cm³/mol. The molecule has 0 aromatic heterocycles. The van der Waals surface area contributed by atoms with Crippen molar-refractivity contribution in [2.45, 2.75) is 44.9 Å². The van der Waals surface area contributed by atoms with Crippen LogP contribution in [0.15, 0.2) is 24.3 Å². The highest BCUT2D eigenvalue weighted by molar-refractivity contribution is 5.82. The van der Waals surface area contributed by atoms with Crippen molar-refractivity contribution < 1.29 is 4.79 Å². The number of anilines is 1. The normalized spacial score (nSPS) is 23.1. The van der Waals surface area contributed by atoms with Gasteiger partial charge in [0.05, 0.1) is 0 Å². The van der Waals surface area contributed by atoms with Crippen molar-refractivity contribution in [2.24, 2.45) is 5.41 Å². The molecule has 0 saturated heterocycles. The lowest BCUT2D eigenvalue weighted by molar-refractivity contribution is -0.129. The van der Waals surface area contributed by atoms with Crippen LogP contribution in [0.3, 0.4) is 0 Å². The Balaban J connectivity index is 1.50. The van der Waals surface area contributed by atoms with Gasteiger partial charge in [0.25, 0.3) is 0 Å². The first-order valence-corrected chi connectivity index (χ1v) is 7.80. The lowest BCUT2D eigenvalue weighted by Gasteiger charge is -2.22. The first-order chi connectivity index (χ1) is 9.69. The number of carbonyl (C=O) groups excluding carboxylic acids is 1. The van der Waals surface area contributed by atoms with Crippen molar-refractivity contribution in [1.29, 1.82) is 0 Å². The summed E-state index contributed by atoms with van der Waals surface area (Å²) in [7, 11) is 0. The third-order valence-corrected chi connectivity index (χ3v) is 4.97. The average Bonchev–Trinajstić information content (AvgIpc) is 3.07. The first-order valence-electron chi connectivity index (χ1n) is 7.80. The molecule has 2 N–H and O–H groups in total. The summed E-state index contributed by atoms with van der Waals surface area (Å²) < 4.78 is 0. The molecule has 1 saturated carbocycles. The van der Waals surface area contributed by atoms with Gasteiger partial charge in [0.15, 0.2) is 0 Å². The molecule has 1 aliphatic carbocycles. The Morgan fingerprint density at radius 3 is 2.90 bits per heavy atom. The number of nitrogens with one attached hydrogen (secondary N) is 2. The van der Waals surface area contributed by atoms with Crippen LogP contribution in [0.1, 0.15) is 50.5 Å². The molecule has 3 heteroatoms. The maximum atomic E-state index is 12.3. The minimum atomic E-state index is -0.105. The second-order valence-corrected chi connectivity index (χ2v) is 6.48. The third kappa shape index (κ3) is 2.54. The zero-order chi connectivity index (χ0) is 14.0. The highest BCUT2D eigenvalue weighted by Crippen LogP contribution is 2.38. The molecule has 3 rings (SSSR count). The van der Waals surface area contributed by atoms with E-state index in [0.29, 0.717) is 5.92 Å². The summed E-state index contributed by atoms with van der Waals surface area (Å²) in [5, 5.41) is 6.59. The number of para-hydroxylation sites is 1. The lowest BCUT2D eigenvalue weighted by Crippen LogP contribution is -2.38. The van der Waals surface area contributed by atoms with Crippen LogP contribution in [0.2, 0.25) is 0 Å². The monoisotopic (exact) mass is 272 g/mol. The zero-order valence-corrected chi connectivity index (χ0v) is 12.2. The van der Waals surface area contributed by atoms with E-state index in [2.05, 4.69) is 41.8 Å². The zero-order valence-electron chi connectivity index (χ0n) is 12.2. The summed E-state index contributed by atoms with van der Waals surface area (Å²) in [5.41, 5.74) is 2.55. The van der Waals surface area contributed by atoms with Crippen LogP contribution in [0.25, 0.3) is 0 Å². The Labute approximate surface area is 121 Å². The molecule has 2 aliphatic rings. The number of carbonyl (C=O) groups is 1. The van der Waals surface area contributed by atoms with Crippen molar-refractivity contribution >= 4 is 11.6 Å². The molecular formula is C17H24N2O. The van der Waals surface area contributed by atoms with Crippen LogP contribution in [-0.2, 0) is 4.79 Å². The van der Waals surface area contributed by atoms with Gasteiger partial charge in [-0.25, -0.2) is 0 Å². The molecule has 1 aromatic rings. The molecule has 1 unspecified atom stereocenters. The van der Waals surface area contributed by atoms with Crippen molar-refractivity contribution in [3.8, 4) is 0 Å². The van der Waals surface area contributed by atoms with Crippen molar-refractivity contribution in [3.05, 3.63) is 29.8 Å². The topological polar surface area (TPSA) is 41.1 Å². The molecule has 0 spiro atoms. The molecule has 1 fully saturated rings. The molecule has 1 heterocycles. The van der Waals surface area contributed by atoms with Gasteiger partial charge in [-0.15, -0.1) is 0 Å². The van der Waals surface area contributed by atoms with Gasteiger partial charge in [0, 0.05) is 30.1 Å². The smallest absolute Gasteiger partial charge is 0.225 e. The molecule has 1 aromatic carbocycles. The minimum Gasteiger partial charge on any atom is -0.384 e. The van der Waals surface area contributed by atoms with Gasteiger partial charge in [-0.05, 0) is 30.9 Å². The van der Waals surface area contributed by atoms with E-state index < -0.39 is 0 Å². The SMILES string of the molecule is CC1(C(=O)NCCC2CNc3ccccc32)CCCC1. The Hall–Kier alpha value is -1.51. The maximum absolute atomic E-state index is 12.3. The van der Waals surface area contributed by atoms with E-state index in [0.717, 1.165) is 32.4 Å². The fourth-order valence-corrected chi connectivity index (χ4v) is 3.57. The number of amides is 1. The Morgan fingerprint density at radius 2 is 2.10 bits per heavy atom. The quantitative estimate of drug-likeness (QED) is 0.883. The summed E-state index contributed by atoms with van der Waals surface area (Å²) in [6.45, 7) is 3.89. The highest BCUT2D eigenvalue weighted by Gasteiger charge is 2.35. The summed E-state index contributed by atoms with van der Waals surface area (Å²) in [4.78, 5) is 12.3. The fourth-order valence-electron chi connectivity index (χ4n) is 3.57. The maximum Gasteiger partial charge on any atom is 0.225 e. The largest absolute Gasteiger partial charge is 0.384 e. The lowest BCUT2D eigenvalue weighted by atomic mass is 9.87. The Kier molecular flexibility index (Phi) is 3.68. The Morgan fingerprint density at radius 1 is 1.35 bits per heavy atom. The summed E-state index contributed by atoms with van der Waals surface area (Å²) in [5.74, 6) is 0.789. The van der Waals surface area contributed by atoms with E-state index in [-0.39, 0.29) is 11.3 Å². The number of hydrogen-bond acceptors (Lipinski definition) is 2. The van der Waals surface area contributed by atoms with Crippen LogP contribution in [0, 0.1) is 5.41 Å². The van der Waals surface area contributed by atoms with Crippen LogP contribution >= 0.6 is 0 Å². The van der Waals surface area contributed by atoms with Gasteiger partial charge >= 0.3 is 0 Å². The van der Waals surface area contributed by atoms with E-state index in [4.69, 9.17) is 0 Å². The molecular weight excluding hydrogens is 248 g/mol. The fraction of sp³-hybridized carbons (Fsp3) is 0.588. The third-order valence-electron chi connectivity index (χ3n) is 4.97. The van der Waals surface area contributed by atoms with Crippen LogP contribution < -0.4 is 10.6 Å². The number of fused-ring (bicyclic) bond motifs is 1. The first kappa shape index (κ1) is 13.5. The molecule has 1 amide bonds. The van der Waals surface area contributed by atoms with E-state index in [9.17, 15) is 4.79 Å². The average molecular weight is 272 g/mol. The van der Waals surface area contributed by atoms with E-state index in [1.54, 1.807) is 0 Å². The molecule has 108 valence electrons. The van der Waals surface area contributed by atoms with Crippen molar-refractivity contribution in [2.75, 3.05) is 18.4 Å². The Bertz CT molecular complexity index is 492. The second-order valence-electron chi connectivity index (χ2n) is 6.48. The molecule has 0 bridgehead atoms. The van der Waals surface area contributed by atoms with Crippen LogP contribution in [0.5, 0.6) is 0 Å². The van der Waals surface area contributed by atoms with Gasteiger partial charge < -0.3 is 10.6 Å². The van der Waals surface area contributed by atoms with Crippen molar-refractivity contribution in [1.82, 2.24) is 5.32 Å². The second kappa shape index (κ2) is 5.47. The number of hydrogen-bond donors (Lipinski definition) is 2. The number of benzene rings is 1. The summed E-state index contributed by atoms with van der Waals surface area (Å²) in [6, 6.07) is 8.49. The van der Waals surface area contributed by atoms with E-state index in [1.165, 1.54) is 24.1 Å². The van der Waals surface area contributed by atoms with E-state index in [1.807, 2.05) is 0 Å². The van der Waals surface area contributed by atoms with Gasteiger partial charge in [0.2, 0.25) is 5.91 Å². The molecule has 3 nitrogen and oxygen atoms in total. The predicted octanol–water partition coefficient (Wildman–Crippen LogP) is 3.28. The summed E-state index contributed by atoms with van der Waals surface area (Å²) >= 11 is 0. The van der Waals surface area contributed by atoms with Gasteiger partial charge in [-0.3, -0.25) is 4.79 Å². The minimum absolute atomic E-state index is 0.105. The molecule has 0 radical (unpaired) electrons. The standard InChI is InChI=1S/C17H24N2O/c1-17(9-4-5-10-17)16(20)18-11-8-13-12-19-15-7-3-2-6-14(13)15/h2-3,6-7,13,19H,4-5,8-12H2,1H3,(H,18,20). The van der Waals surface area contributed by atoms with E-state index >= 15 is 0 Å². The van der Waals surface area contributed by atoms with Gasteiger partial charge in [-0.1, -0.05) is 38.0 Å². The molecule has 1 atom stereocenters. The van der Waals surface area contributed by atoms with Gasteiger partial charge in [0.1, 0.15) is 0 Å². The van der Waals surface area contributed by atoms with Crippen molar-refractivity contribution in [3.63, 3.8) is 0 Å². The van der Waals surface area contributed by atoms with Crippen LogP contribution in [-0.4, -0.2) is 19.0 Å². The number of rotatable bonds is 4. The van der Waals surface area contributed by atoms with Gasteiger partial charge in [-0.2, -0.15) is 0 Å². The highest BCUT2D eigenvalue weighted by atomic mass is 16.2. The summed E-state index contributed by atoms with van der Waals surface area (Å²) in [6.07, 6.45) is 5.51. The molecule has 1 aliphatic heterocycles.